The first-order chi connectivity index (χ1) is 9.05. The van der Waals surface area contributed by atoms with Crippen LogP contribution in [0.4, 0.5) is 13.2 Å². The van der Waals surface area contributed by atoms with E-state index in [-0.39, 0.29) is 11.3 Å². The van der Waals surface area contributed by atoms with Crippen LogP contribution in [0.1, 0.15) is 5.56 Å². The van der Waals surface area contributed by atoms with Crippen LogP contribution < -0.4 is 0 Å². The predicted octanol–water partition coefficient (Wildman–Crippen LogP) is 3.42. The first-order valence-corrected chi connectivity index (χ1v) is 5.53. The van der Waals surface area contributed by atoms with E-state index in [1.165, 1.54) is 22.7 Å². The summed E-state index contributed by atoms with van der Waals surface area (Å²) in [5.41, 5.74) is 0.222. The Labute approximate surface area is 106 Å². The lowest BCUT2D eigenvalue weighted by Crippen LogP contribution is -2.07. The Morgan fingerprint density at radius 3 is 2.58 bits per heavy atom. The van der Waals surface area contributed by atoms with Crippen molar-refractivity contribution in [1.82, 2.24) is 14.6 Å². The molecule has 96 valence electrons. The molecule has 2 aromatic heterocycles. The molecule has 0 atom stereocenters. The van der Waals surface area contributed by atoms with Gasteiger partial charge in [-0.3, -0.25) is 0 Å². The maximum absolute atomic E-state index is 12.9. The summed E-state index contributed by atoms with van der Waals surface area (Å²) < 4.78 is 40.3. The molecule has 0 aliphatic heterocycles. The Balaban J connectivity index is 2.21. The maximum Gasteiger partial charge on any atom is 0.417 e. The van der Waals surface area contributed by atoms with E-state index in [4.69, 9.17) is 0 Å². The molecule has 0 saturated heterocycles. The Morgan fingerprint density at radius 1 is 1.00 bits per heavy atom. The standard InChI is InChI=1S/C13H8F3N3/c14-13(15,16)10-4-2-1-3-9(10)11-5-6-12-17-7-8-19(12)18-11/h1-8H. The largest absolute Gasteiger partial charge is 0.417 e. The van der Waals surface area contributed by atoms with Gasteiger partial charge in [0.25, 0.3) is 0 Å². The Morgan fingerprint density at radius 2 is 1.79 bits per heavy atom. The molecule has 0 aliphatic carbocycles. The number of nitrogens with zero attached hydrogens (tertiary/aromatic N) is 3. The van der Waals surface area contributed by atoms with Gasteiger partial charge in [-0.25, -0.2) is 9.50 Å². The number of halogens is 3. The molecule has 0 radical (unpaired) electrons. The van der Waals surface area contributed by atoms with Crippen LogP contribution in [0.25, 0.3) is 16.9 Å². The van der Waals surface area contributed by atoms with E-state index >= 15 is 0 Å². The zero-order valence-electron chi connectivity index (χ0n) is 9.59. The first-order valence-electron chi connectivity index (χ1n) is 5.53. The van der Waals surface area contributed by atoms with E-state index in [2.05, 4.69) is 10.1 Å². The highest BCUT2D eigenvalue weighted by atomic mass is 19.4. The number of hydrogen-bond acceptors (Lipinski definition) is 2. The highest BCUT2D eigenvalue weighted by Gasteiger charge is 2.33. The molecule has 0 N–H and O–H groups in total. The van der Waals surface area contributed by atoms with E-state index in [1.807, 2.05) is 0 Å². The summed E-state index contributed by atoms with van der Waals surface area (Å²) in [6.07, 6.45) is -1.26. The SMILES string of the molecule is FC(F)(F)c1ccccc1-c1ccc2nccn2n1. The molecule has 3 aromatic rings. The van der Waals surface area contributed by atoms with Gasteiger partial charge in [0.05, 0.1) is 11.3 Å². The second-order valence-electron chi connectivity index (χ2n) is 3.99. The van der Waals surface area contributed by atoms with Gasteiger partial charge in [0, 0.05) is 18.0 Å². The van der Waals surface area contributed by atoms with Gasteiger partial charge < -0.3 is 0 Å². The van der Waals surface area contributed by atoms with E-state index in [0.717, 1.165) is 6.07 Å². The highest BCUT2D eigenvalue weighted by molar-refractivity contribution is 5.65. The van der Waals surface area contributed by atoms with Crippen molar-refractivity contribution in [3.8, 4) is 11.3 Å². The molecule has 3 nitrogen and oxygen atoms in total. The van der Waals surface area contributed by atoms with Crippen LogP contribution in [0, 0.1) is 0 Å². The third-order valence-electron chi connectivity index (χ3n) is 2.76. The summed E-state index contributed by atoms with van der Waals surface area (Å²) in [6, 6.07) is 8.55. The smallest absolute Gasteiger partial charge is 0.236 e. The van der Waals surface area contributed by atoms with Crippen LogP contribution >= 0.6 is 0 Å². The summed E-state index contributed by atoms with van der Waals surface area (Å²) in [4.78, 5) is 4.00. The molecule has 0 fully saturated rings. The van der Waals surface area contributed by atoms with Crippen LogP contribution in [0.5, 0.6) is 0 Å². The Bertz CT molecular complexity index is 731. The van der Waals surface area contributed by atoms with Crippen molar-refractivity contribution in [1.29, 1.82) is 0 Å². The highest BCUT2D eigenvalue weighted by Crippen LogP contribution is 2.36. The normalized spacial score (nSPS) is 11.9. The van der Waals surface area contributed by atoms with Crippen molar-refractivity contribution in [3.05, 3.63) is 54.4 Å². The average molecular weight is 263 g/mol. The lowest BCUT2D eigenvalue weighted by atomic mass is 10.0. The molecule has 1 aromatic carbocycles. The molecule has 0 amide bonds. The van der Waals surface area contributed by atoms with Crippen LogP contribution in [-0.4, -0.2) is 14.6 Å². The number of rotatable bonds is 1. The molecule has 0 bridgehead atoms. The summed E-state index contributed by atoms with van der Waals surface area (Å²) in [7, 11) is 0. The number of alkyl halides is 3. The molecule has 3 rings (SSSR count). The molecule has 0 saturated carbocycles. The maximum atomic E-state index is 12.9. The number of imidazole rings is 1. The van der Waals surface area contributed by atoms with Crippen molar-refractivity contribution in [2.24, 2.45) is 0 Å². The zero-order chi connectivity index (χ0) is 13.5. The van der Waals surface area contributed by atoms with Crippen molar-refractivity contribution in [3.63, 3.8) is 0 Å². The Hall–Kier alpha value is -2.37. The van der Waals surface area contributed by atoms with Gasteiger partial charge in [0.15, 0.2) is 5.65 Å². The minimum atomic E-state index is -4.40. The van der Waals surface area contributed by atoms with Crippen LogP contribution in [0.2, 0.25) is 0 Å². The lowest BCUT2D eigenvalue weighted by Gasteiger charge is -2.12. The fourth-order valence-corrected chi connectivity index (χ4v) is 1.91. The van der Waals surface area contributed by atoms with Gasteiger partial charge in [-0.15, -0.1) is 0 Å². The van der Waals surface area contributed by atoms with E-state index in [1.54, 1.807) is 24.5 Å². The third kappa shape index (κ3) is 2.05. The van der Waals surface area contributed by atoms with Crippen molar-refractivity contribution >= 4 is 5.65 Å². The van der Waals surface area contributed by atoms with Gasteiger partial charge in [-0.1, -0.05) is 18.2 Å². The predicted molar refractivity (Wildman–Crippen MR) is 63.4 cm³/mol. The van der Waals surface area contributed by atoms with E-state index in [0.29, 0.717) is 5.65 Å². The summed E-state index contributed by atoms with van der Waals surface area (Å²) in [5.74, 6) is 0. The molecular formula is C13H8F3N3. The van der Waals surface area contributed by atoms with Crippen LogP contribution in [-0.2, 0) is 6.18 Å². The van der Waals surface area contributed by atoms with Crippen LogP contribution in [0.3, 0.4) is 0 Å². The van der Waals surface area contributed by atoms with Gasteiger partial charge in [-0.05, 0) is 18.2 Å². The van der Waals surface area contributed by atoms with Gasteiger partial charge in [0.1, 0.15) is 0 Å². The fourth-order valence-electron chi connectivity index (χ4n) is 1.91. The second-order valence-corrected chi connectivity index (χ2v) is 3.99. The third-order valence-corrected chi connectivity index (χ3v) is 2.76. The number of hydrogen-bond donors (Lipinski definition) is 0. The number of aromatic nitrogens is 3. The monoisotopic (exact) mass is 263 g/mol. The topological polar surface area (TPSA) is 30.2 Å². The Kier molecular flexibility index (Phi) is 2.51. The van der Waals surface area contributed by atoms with Crippen molar-refractivity contribution in [2.45, 2.75) is 6.18 Å². The molecule has 0 spiro atoms. The fraction of sp³-hybridized carbons (Fsp3) is 0.0769. The lowest BCUT2D eigenvalue weighted by molar-refractivity contribution is -0.137. The quantitative estimate of drug-likeness (QED) is 0.673. The molecule has 6 heteroatoms. The van der Waals surface area contributed by atoms with E-state index < -0.39 is 11.7 Å². The number of fused-ring (bicyclic) bond motifs is 1. The minimum absolute atomic E-state index is 0.0607. The van der Waals surface area contributed by atoms with Gasteiger partial charge >= 0.3 is 6.18 Å². The molecule has 0 unspecified atom stereocenters. The first kappa shape index (κ1) is 11.7. The van der Waals surface area contributed by atoms with E-state index in [9.17, 15) is 13.2 Å². The average Bonchev–Trinajstić information content (AvgIpc) is 2.85. The molecular weight excluding hydrogens is 255 g/mol. The summed E-state index contributed by atoms with van der Waals surface area (Å²) in [5, 5.41) is 4.13. The second kappa shape index (κ2) is 4.08. The summed E-state index contributed by atoms with van der Waals surface area (Å²) >= 11 is 0. The van der Waals surface area contributed by atoms with Gasteiger partial charge in [0.2, 0.25) is 0 Å². The molecule has 19 heavy (non-hydrogen) atoms. The van der Waals surface area contributed by atoms with Crippen molar-refractivity contribution < 1.29 is 13.2 Å². The number of benzene rings is 1. The molecule has 0 aliphatic rings. The van der Waals surface area contributed by atoms with Crippen molar-refractivity contribution in [2.75, 3.05) is 0 Å². The molecule has 2 heterocycles. The van der Waals surface area contributed by atoms with Crippen LogP contribution in [0.15, 0.2) is 48.8 Å². The summed E-state index contributed by atoms with van der Waals surface area (Å²) in [6.45, 7) is 0. The van der Waals surface area contributed by atoms with Gasteiger partial charge in [-0.2, -0.15) is 18.3 Å². The minimum Gasteiger partial charge on any atom is -0.236 e. The zero-order valence-corrected chi connectivity index (χ0v) is 9.59.